The van der Waals surface area contributed by atoms with Crippen molar-refractivity contribution in [2.75, 3.05) is 12.4 Å². The monoisotopic (exact) mass is 186 g/mol. The molecular formula is C12H14N2. The summed E-state index contributed by atoms with van der Waals surface area (Å²) in [6.45, 7) is 4.21. The summed E-state index contributed by atoms with van der Waals surface area (Å²) in [6, 6.07) is 8.38. The maximum absolute atomic E-state index is 4.54. The van der Waals surface area contributed by atoms with Crippen LogP contribution in [0.3, 0.4) is 0 Å². The predicted molar refractivity (Wildman–Crippen MR) is 60.8 cm³/mol. The average Bonchev–Trinajstić information content (AvgIpc) is 2.23. The molecule has 1 heterocycles. The lowest BCUT2D eigenvalue weighted by Gasteiger charge is -2.06. The van der Waals surface area contributed by atoms with E-state index >= 15 is 0 Å². The number of nitrogens with zero attached hydrogens (tertiary/aromatic N) is 1. The minimum absolute atomic E-state index is 0.922. The molecule has 14 heavy (non-hydrogen) atoms. The smallest absolute Gasteiger partial charge is 0.126 e. The maximum Gasteiger partial charge on any atom is 0.126 e. The first-order chi connectivity index (χ1) is 6.72. The number of anilines is 1. The maximum atomic E-state index is 4.54. The molecule has 1 aromatic carbocycles. The Morgan fingerprint density at radius 2 is 1.71 bits per heavy atom. The van der Waals surface area contributed by atoms with E-state index in [-0.39, 0.29) is 0 Å². The number of benzene rings is 1. The van der Waals surface area contributed by atoms with Gasteiger partial charge in [-0.1, -0.05) is 12.1 Å². The largest absolute Gasteiger partial charge is 0.373 e. The van der Waals surface area contributed by atoms with Gasteiger partial charge in [0.25, 0.3) is 0 Å². The molecule has 1 aromatic heterocycles. The molecule has 0 fully saturated rings. The summed E-state index contributed by atoms with van der Waals surface area (Å²) in [5.41, 5.74) is 3.60. The van der Waals surface area contributed by atoms with Crippen molar-refractivity contribution in [1.29, 1.82) is 0 Å². The SMILES string of the molecule is CNc1ccc2c(C)ccc(C)c2n1. The molecule has 0 spiro atoms. The van der Waals surface area contributed by atoms with E-state index in [0.29, 0.717) is 0 Å². The number of hydrogen-bond acceptors (Lipinski definition) is 2. The van der Waals surface area contributed by atoms with E-state index in [1.54, 1.807) is 0 Å². The van der Waals surface area contributed by atoms with Gasteiger partial charge in [-0.2, -0.15) is 0 Å². The first kappa shape index (κ1) is 9.00. The molecule has 0 amide bonds. The van der Waals surface area contributed by atoms with Crippen molar-refractivity contribution in [1.82, 2.24) is 4.98 Å². The molecule has 0 aliphatic rings. The molecule has 0 saturated carbocycles. The van der Waals surface area contributed by atoms with Crippen LogP contribution in [0.2, 0.25) is 0 Å². The molecule has 0 atom stereocenters. The van der Waals surface area contributed by atoms with Gasteiger partial charge in [0.2, 0.25) is 0 Å². The zero-order chi connectivity index (χ0) is 10.1. The lowest BCUT2D eigenvalue weighted by atomic mass is 10.1. The molecule has 2 heteroatoms. The van der Waals surface area contributed by atoms with E-state index < -0.39 is 0 Å². The zero-order valence-corrected chi connectivity index (χ0v) is 8.76. The molecular weight excluding hydrogens is 172 g/mol. The van der Waals surface area contributed by atoms with Crippen LogP contribution in [-0.2, 0) is 0 Å². The Morgan fingerprint density at radius 3 is 2.43 bits per heavy atom. The second kappa shape index (κ2) is 3.29. The molecule has 0 saturated heterocycles. The average molecular weight is 186 g/mol. The minimum atomic E-state index is 0.922. The van der Waals surface area contributed by atoms with Crippen molar-refractivity contribution in [3.63, 3.8) is 0 Å². The summed E-state index contributed by atoms with van der Waals surface area (Å²) in [6.07, 6.45) is 0. The zero-order valence-electron chi connectivity index (χ0n) is 8.76. The summed E-state index contributed by atoms with van der Waals surface area (Å²) in [7, 11) is 1.89. The fourth-order valence-corrected chi connectivity index (χ4v) is 1.64. The molecule has 0 aliphatic carbocycles. The van der Waals surface area contributed by atoms with Gasteiger partial charge in [0, 0.05) is 12.4 Å². The van der Waals surface area contributed by atoms with Crippen LogP contribution in [0.1, 0.15) is 11.1 Å². The summed E-state index contributed by atoms with van der Waals surface area (Å²) in [5, 5.41) is 4.29. The molecule has 0 unspecified atom stereocenters. The third-order valence-electron chi connectivity index (χ3n) is 2.53. The summed E-state index contributed by atoms with van der Waals surface area (Å²) in [4.78, 5) is 4.54. The van der Waals surface area contributed by atoms with Crippen molar-refractivity contribution in [2.24, 2.45) is 0 Å². The van der Waals surface area contributed by atoms with E-state index in [1.807, 2.05) is 13.1 Å². The topological polar surface area (TPSA) is 24.9 Å². The molecule has 2 aromatic rings. The van der Waals surface area contributed by atoms with E-state index in [2.05, 4.69) is 42.3 Å². The van der Waals surface area contributed by atoms with Crippen LogP contribution in [0.5, 0.6) is 0 Å². The highest BCUT2D eigenvalue weighted by molar-refractivity contribution is 5.86. The Kier molecular flexibility index (Phi) is 2.12. The Labute approximate surface area is 84.0 Å². The molecule has 2 nitrogen and oxygen atoms in total. The Bertz CT molecular complexity index is 475. The molecule has 0 aliphatic heterocycles. The number of rotatable bonds is 1. The molecule has 0 bridgehead atoms. The predicted octanol–water partition coefficient (Wildman–Crippen LogP) is 2.89. The number of nitrogens with one attached hydrogen (secondary N) is 1. The number of fused-ring (bicyclic) bond motifs is 1. The fourth-order valence-electron chi connectivity index (χ4n) is 1.64. The third kappa shape index (κ3) is 1.33. The number of hydrogen-bond donors (Lipinski definition) is 1. The molecule has 0 radical (unpaired) electrons. The van der Waals surface area contributed by atoms with Gasteiger partial charge in [-0.25, -0.2) is 4.98 Å². The van der Waals surface area contributed by atoms with Gasteiger partial charge in [-0.15, -0.1) is 0 Å². The molecule has 72 valence electrons. The van der Waals surface area contributed by atoms with Crippen LogP contribution < -0.4 is 5.32 Å². The minimum Gasteiger partial charge on any atom is -0.373 e. The first-order valence-corrected chi connectivity index (χ1v) is 4.77. The van der Waals surface area contributed by atoms with Crippen molar-refractivity contribution in [3.8, 4) is 0 Å². The first-order valence-electron chi connectivity index (χ1n) is 4.77. The van der Waals surface area contributed by atoms with Gasteiger partial charge in [0.15, 0.2) is 0 Å². The van der Waals surface area contributed by atoms with Gasteiger partial charge < -0.3 is 5.32 Å². The third-order valence-corrected chi connectivity index (χ3v) is 2.53. The fraction of sp³-hybridized carbons (Fsp3) is 0.250. The molecule has 1 N–H and O–H groups in total. The van der Waals surface area contributed by atoms with Crippen molar-refractivity contribution in [2.45, 2.75) is 13.8 Å². The number of aryl methyl sites for hydroxylation is 2. The van der Waals surface area contributed by atoms with E-state index in [9.17, 15) is 0 Å². The van der Waals surface area contributed by atoms with Crippen LogP contribution in [-0.4, -0.2) is 12.0 Å². The Morgan fingerprint density at radius 1 is 1.00 bits per heavy atom. The van der Waals surface area contributed by atoms with E-state index in [0.717, 1.165) is 11.3 Å². The van der Waals surface area contributed by atoms with E-state index in [4.69, 9.17) is 0 Å². The summed E-state index contributed by atoms with van der Waals surface area (Å²) >= 11 is 0. The van der Waals surface area contributed by atoms with Crippen LogP contribution >= 0.6 is 0 Å². The van der Waals surface area contributed by atoms with E-state index in [1.165, 1.54) is 16.5 Å². The van der Waals surface area contributed by atoms with Crippen molar-refractivity contribution >= 4 is 16.7 Å². The highest BCUT2D eigenvalue weighted by Crippen LogP contribution is 2.21. The Hall–Kier alpha value is -1.57. The molecule has 2 rings (SSSR count). The normalized spacial score (nSPS) is 10.5. The lowest BCUT2D eigenvalue weighted by Crippen LogP contribution is -1.94. The standard InChI is InChI=1S/C12H14N2/c1-8-4-5-9(2)12-10(8)6-7-11(13-3)14-12/h4-7H,1-3H3,(H,13,14). The second-order valence-electron chi connectivity index (χ2n) is 3.54. The van der Waals surface area contributed by atoms with Crippen LogP contribution in [0.4, 0.5) is 5.82 Å². The highest BCUT2D eigenvalue weighted by Gasteiger charge is 2.02. The summed E-state index contributed by atoms with van der Waals surface area (Å²) < 4.78 is 0. The van der Waals surface area contributed by atoms with Crippen LogP contribution in [0.25, 0.3) is 10.9 Å². The van der Waals surface area contributed by atoms with Gasteiger partial charge in [0.1, 0.15) is 5.82 Å². The number of pyridine rings is 1. The van der Waals surface area contributed by atoms with Gasteiger partial charge in [0.05, 0.1) is 5.52 Å². The Balaban J connectivity index is 2.80. The van der Waals surface area contributed by atoms with Crippen LogP contribution in [0.15, 0.2) is 24.3 Å². The number of aromatic nitrogens is 1. The van der Waals surface area contributed by atoms with Gasteiger partial charge in [-0.05, 0) is 37.1 Å². The van der Waals surface area contributed by atoms with Crippen LogP contribution in [0, 0.1) is 13.8 Å². The lowest BCUT2D eigenvalue weighted by molar-refractivity contribution is 1.31. The second-order valence-corrected chi connectivity index (χ2v) is 3.54. The van der Waals surface area contributed by atoms with Crippen molar-refractivity contribution in [3.05, 3.63) is 35.4 Å². The van der Waals surface area contributed by atoms with Gasteiger partial charge >= 0.3 is 0 Å². The highest BCUT2D eigenvalue weighted by atomic mass is 15.0. The summed E-state index contributed by atoms with van der Waals surface area (Å²) in [5.74, 6) is 0.922. The van der Waals surface area contributed by atoms with Crippen molar-refractivity contribution < 1.29 is 0 Å². The quantitative estimate of drug-likeness (QED) is 0.740. The van der Waals surface area contributed by atoms with Gasteiger partial charge in [-0.3, -0.25) is 0 Å².